The number of rotatable bonds is 1. The van der Waals surface area contributed by atoms with Crippen molar-refractivity contribution in [2.24, 2.45) is 5.73 Å². The number of hydrogen-bond donors (Lipinski definition) is 1. The summed E-state index contributed by atoms with van der Waals surface area (Å²) in [5.41, 5.74) is 7.12. The van der Waals surface area contributed by atoms with Crippen LogP contribution in [0.4, 0.5) is 0 Å². The molecule has 1 heterocycles. The van der Waals surface area contributed by atoms with Crippen LogP contribution >= 0.6 is 0 Å². The smallest absolute Gasteiger partial charge is 0.0937 e. The first kappa shape index (κ1) is 6.92. The molecule has 0 radical (unpaired) electrons. The lowest BCUT2D eigenvalue weighted by atomic mass is 10.0. The van der Waals surface area contributed by atoms with Crippen molar-refractivity contribution in [3.8, 4) is 0 Å². The summed E-state index contributed by atoms with van der Waals surface area (Å²) in [7, 11) is 0. The number of nitrogens with two attached hydrogens (primary N) is 1. The van der Waals surface area contributed by atoms with Crippen LogP contribution in [0, 0.1) is 0 Å². The van der Waals surface area contributed by atoms with Gasteiger partial charge in [-0.05, 0) is 36.8 Å². The molecule has 0 saturated heterocycles. The van der Waals surface area contributed by atoms with Crippen LogP contribution < -0.4 is 5.73 Å². The van der Waals surface area contributed by atoms with Crippen molar-refractivity contribution >= 4 is 0 Å². The number of furan rings is 1. The Hall–Kier alpha value is -0.760. The summed E-state index contributed by atoms with van der Waals surface area (Å²) in [5.74, 6) is 0.656. The zero-order chi connectivity index (χ0) is 7.68. The Morgan fingerprint density at radius 1 is 1.45 bits per heavy atom. The fourth-order valence-electron chi connectivity index (χ4n) is 1.83. The minimum atomic E-state index is 0.412. The molecule has 2 N–H and O–H groups in total. The summed E-state index contributed by atoms with van der Waals surface area (Å²) in [5, 5.41) is 0. The predicted octanol–water partition coefficient (Wildman–Crippen LogP) is 1.87. The highest BCUT2D eigenvalue weighted by Crippen LogP contribution is 2.33. The minimum Gasteiger partial charge on any atom is -0.472 e. The van der Waals surface area contributed by atoms with Gasteiger partial charge in [0, 0.05) is 6.04 Å². The molecule has 11 heavy (non-hydrogen) atoms. The van der Waals surface area contributed by atoms with Crippen LogP contribution in [0.2, 0.25) is 0 Å². The van der Waals surface area contributed by atoms with Gasteiger partial charge in [0.05, 0.1) is 12.5 Å². The maximum atomic E-state index is 5.80. The fraction of sp³-hybridized carbons (Fsp3) is 0.556. The van der Waals surface area contributed by atoms with E-state index in [0.29, 0.717) is 12.0 Å². The van der Waals surface area contributed by atoms with Crippen LogP contribution in [-0.2, 0) is 0 Å². The Balaban J connectivity index is 2.08. The van der Waals surface area contributed by atoms with Gasteiger partial charge in [-0.25, -0.2) is 0 Å². The van der Waals surface area contributed by atoms with E-state index in [1.54, 1.807) is 6.26 Å². The predicted molar refractivity (Wildman–Crippen MR) is 43.3 cm³/mol. The van der Waals surface area contributed by atoms with Crippen molar-refractivity contribution in [2.75, 3.05) is 0 Å². The molecule has 0 aromatic carbocycles. The van der Waals surface area contributed by atoms with Crippen molar-refractivity contribution < 1.29 is 4.42 Å². The Morgan fingerprint density at radius 2 is 2.36 bits per heavy atom. The summed E-state index contributed by atoms with van der Waals surface area (Å²) < 4.78 is 5.02. The molecule has 1 fully saturated rings. The molecular formula is C9H13NO. The van der Waals surface area contributed by atoms with Crippen molar-refractivity contribution in [2.45, 2.75) is 31.2 Å². The second kappa shape index (κ2) is 2.70. The largest absolute Gasteiger partial charge is 0.472 e. The quantitative estimate of drug-likeness (QED) is 0.665. The van der Waals surface area contributed by atoms with Gasteiger partial charge in [0.2, 0.25) is 0 Å². The van der Waals surface area contributed by atoms with Gasteiger partial charge < -0.3 is 10.2 Å². The SMILES string of the molecule is NC1CCC(c2ccoc2)C1. The monoisotopic (exact) mass is 151 g/mol. The summed E-state index contributed by atoms with van der Waals surface area (Å²) >= 11 is 0. The standard InChI is InChI=1S/C9H13NO/c10-9-2-1-7(5-9)8-3-4-11-6-8/h3-4,6-7,9H,1-2,5,10H2. The topological polar surface area (TPSA) is 39.2 Å². The molecule has 2 heteroatoms. The van der Waals surface area contributed by atoms with Crippen LogP contribution in [0.15, 0.2) is 23.0 Å². The second-order valence-electron chi connectivity index (χ2n) is 3.33. The van der Waals surface area contributed by atoms with Gasteiger partial charge >= 0.3 is 0 Å². The van der Waals surface area contributed by atoms with Crippen LogP contribution in [0.1, 0.15) is 30.7 Å². The van der Waals surface area contributed by atoms with Gasteiger partial charge in [0.1, 0.15) is 0 Å². The summed E-state index contributed by atoms with van der Waals surface area (Å²) in [6, 6.07) is 2.46. The van der Waals surface area contributed by atoms with Gasteiger partial charge in [-0.15, -0.1) is 0 Å². The van der Waals surface area contributed by atoms with E-state index >= 15 is 0 Å². The third-order valence-electron chi connectivity index (χ3n) is 2.49. The lowest BCUT2D eigenvalue weighted by Crippen LogP contribution is -2.14. The molecule has 1 saturated carbocycles. The first-order valence-corrected chi connectivity index (χ1v) is 4.14. The molecule has 0 spiro atoms. The van der Waals surface area contributed by atoms with Crippen LogP contribution in [0.5, 0.6) is 0 Å². The van der Waals surface area contributed by atoms with Crippen molar-refractivity contribution in [1.82, 2.24) is 0 Å². The minimum absolute atomic E-state index is 0.412. The second-order valence-corrected chi connectivity index (χ2v) is 3.33. The van der Waals surface area contributed by atoms with Crippen molar-refractivity contribution in [3.05, 3.63) is 24.2 Å². The lowest BCUT2D eigenvalue weighted by molar-refractivity contribution is 0.557. The highest BCUT2D eigenvalue weighted by atomic mass is 16.3. The molecule has 1 aliphatic carbocycles. The average Bonchev–Trinajstić information content (AvgIpc) is 2.55. The lowest BCUT2D eigenvalue weighted by Gasteiger charge is -2.04. The molecule has 0 amide bonds. The molecule has 2 unspecified atom stereocenters. The first-order chi connectivity index (χ1) is 5.36. The zero-order valence-electron chi connectivity index (χ0n) is 6.49. The molecular weight excluding hydrogens is 138 g/mol. The molecule has 1 aromatic rings. The van der Waals surface area contributed by atoms with Gasteiger partial charge in [0.15, 0.2) is 0 Å². The van der Waals surface area contributed by atoms with Gasteiger partial charge in [-0.1, -0.05) is 0 Å². The normalized spacial score (nSPS) is 31.0. The van der Waals surface area contributed by atoms with Crippen LogP contribution in [0.25, 0.3) is 0 Å². The molecule has 2 rings (SSSR count). The highest BCUT2D eigenvalue weighted by Gasteiger charge is 2.23. The molecule has 1 aliphatic rings. The van der Waals surface area contributed by atoms with E-state index < -0.39 is 0 Å². The Labute approximate surface area is 66.4 Å². The maximum absolute atomic E-state index is 5.80. The molecule has 0 bridgehead atoms. The third-order valence-corrected chi connectivity index (χ3v) is 2.49. The number of hydrogen-bond acceptors (Lipinski definition) is 2. The Bertz CT molecular complexity index is 217. The van der Waals surface area contributed by atoms with Gasteiger partial charge in [-0.2, -0.15) is 0 Å². The average molecular weight is 151 g/mol. The summed E-state index contributed by atoms with van der Waals surface area (Å²) in [4.78, 5) is 0. The van der Waals surface area contributed by atoms with E-state index in [-0.39, 0.29) is 0 Å². The van der Waals surface area contributed by atoms with Crippen molar-refractivity contribution in [3.63, 3.8) is 0 Å². The highest BCUT2D eigenvalue weighted by molar-refractivity contribution is 5.14. The van der Waals surface area contributed by atoms with E-state index in [4.69, 9.17) is 10.2 Å². The van der Waals surface area contributed by atoms with E-state index in [0.717, 1.165) is 12.8 Å². The first-order valence-electron chi connectivity index (χ1n) is 4.14. The molecule has 2 atom stereocenters. The van der Waals surface area contributed by atoms with E-state index in [2.05, 4.69) is 0 Å². The van der Waals surface area contributed by atoms with Crippen LogP contribution in [-0.4, -0.2) is 6.04 Å². The van der Waals surface area contributed by atoms with E-state index in [9.17, 15) is 0 Å². The Morgan fingerprint density at radius 3 is 2.91 bits per heavy atom. The third kappa shape index (κ3) is 1.31. The van der Waals surface area contributed by atoms with Crippen LogP contribution in [0.3, 0.4) is 0 Å². The zero-order valence-corrected chi connectivity index (χ0v) is 6.49. The summed E-state index contributed by atoms with van der Waals surface area (Å²) in [6.45, 7) is 0. The van der Waals surface area contributed by atoms with E-state index in [1.807, 2.05) is 12.3 Å². The molecule has 0 aliphatic heterocycles. The maximum Gasteiger partial charge on any atom is 0.0937 e. The van der Waals surface area contributed by atoms with Gasteiger partial charge in [0.25, 0.3) is 0 Å². The summed E-state index contributed by atoms with van der Waals surface area (Å²) in [6.07, 6.45) is 7.08. The molecule has 2 nitrogen and oxygen atoms in total. The fourth-order valence-corrected chi connectivity index (χ4v) is 1.83. The molecule has 60 valence electrons. The van der Waals surface area contributed by atoms with E-state index in [1.165, 1.54) is 12.0 Å². The van der Waals surface area contributed by atoms with Gasteiger partial charge in [-0.3, -0.25) is 0 Å². The molecule has 1 aromatic heterocycles. The van der Waals surface area contributed by atoms with Crippen molar-refractivity contribution in [1.29, 1.82) is 0 Å². The Kier molecular flexibility index (Phi) is 1.70.